The van der Waals surface area contributed by atoms with Crippen molar-refractivity contribution in [3.8, 4) is 0 Å². The van der Waals surface area contributed by atoms with Gasteiger partial charge in [0.25, 0.3) is 0 Å². The molecule has 8 heteroatoms. The van der Waals surface area contributed by atoms with Gasteiger partial charge in [-0.1, -0.05) is 67.6 Å². The molecule has 208 valence electrons. The van der Waals surface area contributed by atoms with E-state index >= 15 is 0 Å². The molecule has 0 aliphatic carbocycles. The average Bonchev–Trinajstić information content (AvgIpc) is 3.52. The number of benzene rings is 2. The molecule has 3 amide bonds. The highest BCUT2D eigenvalue weighted by Gasteiger charge is 2.79. The zero-order valence-electron chi connectivity index (χ0n) is 23.1. The van der Waals surface area contributed by atoms with Crippen LogP contribution in [-0.4, -0.2) is 57.1 Å². The standard InChI is InChI=1S/C31H39N3O5/c1-5-30-16-17-31(39-30)24(23(30)26(36)32-18-20-12-8-6-9-13-20)28(38)34(25(31)27(37)33-29(2,3)4)22(19-35)21-14-10-7-11-15-21/h6-15,22-25,35H,5,16-19H2,1-4H3,(H,32,36)(H,33,37)/t22-,23-,24+,25?,30+,31?/m1/s1. The predicted molar refractivity (Wildman–Crippen MR) is 146 cm³/mol. The summed E-state index contributed by atoms with van der Waals surface area (Å²) in [5, 5.41) is 16.7. The smallest absolute Gasteiger partial charge is 0.246 e. The number of aliphatic hydroxyl groups excluding tert-OH is 1. The maximum atomic E-state index is 14.4. The molecule has 1 spiro atoms. The Morgan fingerprint density at radius 3 is 2.28 bits per heavy atom. The van der Waals surface area contributed by atoms with Crippen LogP contribution in [0.15, 0.2) is 60.7 Å². The van der Waals surface area contributed by atoms with Gasteiger partial charge in [-0.05, 0) is 51.2 Å². The molecule has 3 aliphatic rings. The van der Waals surface area contributed by atoms with Crippen molar-refractivity contribution in [3.63, 3.8) is 0 Å². The summed E-state index contributed by atoms with van der Waals surface area (Å²) in [7, 11) is 0. The van der Waals surface area contributed by atoms with Crippen molar-refractivity contribution in [1.29, 1.82) is 0 Å². The number of hydrogen-bond donors (Lipinski definition) is 3. The third-order valence-electron chi connectivity index (χ3n) is 8.65. The first-order chi connectivity index (χ1) is 18.6. The molecule has 6 atom stereocenters. The molecule has 2 aromatic rings. The summed E-state index contributed by atoms with van der Waals surface area (Å²) in [6.07, 6.45) is 1.63. The molecule has 3 N–H and O–H groups in total. The third-order valence-corrected chi connectivity index (χ3v) is 8.65. The van der Waals surface area contributed by atoms with E-state index in [1.165, 1.54) is 4.90 Å². The van der Waals surface area contributed by atoms with E-state index in [4.69, 9.17) is 4.74 Å². The minimum atomic E-state index is -1.15. The van der Waals surface area contributed by atoms with Gasteiger partial charge in [0.05, 0.1) is 30.1 Å². The van der Waals surface area contributed by atoms with E-state index in [2.05, 4.69) is 10.6 Å². The summed E-state index contributed by atoms with van der Waals surface area (Å²) in [6.45, 7) is 7.63. The Balaban J connectivity index is 1.56. The van der Waals surface area contributed by atoms with Crippen molar-refractivity contribution in [2.24, 2.45) is 11.8 Å². The van der Waals surface area contributed by atoms with Gasteiger partial charge in [-0.25, -0.2) is 0 Å². The molecule has 0 aromatic heterocycles. The van der Waals surface area contributed by atoms with Crippen LogP contribution in [0.25, 0.3) is 0 Å². The highest BCUT2D eigenvalue weighted by atomic mass is 16.5. The molecule has 3 fully saturated rings. The lowest BCUT2D eigenvalue weighted by atomic mass is 9.65. The van der Waals surface area contributed by atoms with E-state index in [1.54, 1.807) is 0 Å². The number of hydrogen-bond acceptors (Lipinski definition) is 5. The van der Waals surface area contributed by atoms with E-state index in [1.807, 2.05) is 88.4 Å². The fourth-order valence-corrected chi connectivity index (χ4v) is 7.05. The molecular weight excluding hydrogens is 494 g/mol. The molecule has 5 rings (SSSR count). The highest BCUT2D eigenvalue weighted by molar-refractivity contribution is 5.99. The molecule has 2 bridgehead atoms. The monoisotopic (exact) mass is 533 g/mol. The lowest BCUT2D eigenvalue weighted by Crippen LogP contribution is -2.59. The number of carbonyl (C=O) groups is 3. The lowest BCUT2D eigenvalue weighted by molar-refractivity contribution is -0.151. The Bertz CT molecular complexity index is 1230. The van der Waals surface area contributed by atoms with Crippen LogP contribution in [0, 0.1) is 11.8 Å². The summed E-state index contributed by atoms with van der Waals surface area (Å²) in [6, 6.07) is 17.1. The first-order valence-corrected chi connectivity index (χ1v) is 13.9. The van der Waals surface area contributed by atoms with Gasteiger partial charge in [0.2, 0.25) is 17.7 Å². The van der Waals surface area contributed by atoms with Gasteiger partial charge in [0.15, 0.2) is 0 Å². The van der Waals surface area contributed by atoms with Crippen LogP contribution in [0.4, 0.5) is 0 Å². The number of rotatable bonds is 8. The molecule has 3 heterocycles. The van der Waals surface area contributed by atoms with E-state index in [0.717, 1.165) is 11.1 Å². The summed E-state index contributed by atoms with van der Waals surface area (Å²) in [5.41, 5.74) is -0.841. The van der Waals surface area contributed by atoms with E-state index in [0.29, 0.717) is 25.8 Å². The molecule has 3 saturated heterocycles. The molecule has 0 radical (unpaired) electrons. The average molecular weight is 534 g/mol. The van der Waals surface area contributed by atoms with Gasteiger partial charge >= 0.3 is 0 Å². The Hall–Kier alpha value is -3.23. The Kier molecular flexibility index (Phi) is 7.06. The van der Waals surface area contributed by atoms with Crippen molar-refractivity contribution in [2.75, 3.05) is 6.61 Å². The van der Waals surface area contributed by atoms with Gasteiger partial charge in [-0.3, -0.25) is 14.4 Å². The number of fused-ring (bicyclic) bond motifs is 1. The Morgan fingerprint density at radius 2 is 1.69 bits per heavy atom. The maximum absolute atomic E-state index is 14.4. The van der Waals surface area contributed by atoms with Crippen LogP contribution < -0.4 is 10.6 Å². The number of ether oxygens (including phenoxy) is 1. The second-order valence-electron chi connectivity index (χ2n) is 12.1. The number of aliphatic hydroxyl groups is 1. The third kappa shape index (κ3) is 4.53. The summed E-state index contributed by atoms with van der Waals surface area (Å²) in [5.74, 6) is -2.45. The molecule has 3 aliphatic heterocycles. The van der Waals surface area contributed by atoms with Crippen LogP contribution in [-0.2, 0) is 25.7 Å². The van der Waals surface area contributed by atoms with Crippen molar-refractivity contribution in [3.05, 3.63) is 71.8 Å². The first-order valence-electron chi connectivity index (χ1n) is 13.9. The largest absolute Gasteiger partial charge is 0.394 e. The van der Waals surface area contributed by atoms with Crippen LogP contribution >= 0.6 is 0 Å². The second-order valence-corrected chi connectivity index (χ2v) is 12.1. The number of likely N-dealkylation sites (tertiary alicyclic amines) is 1. The number of nitrogens with zero attached hydrogens (tertiary/aromatic N) is 1. The molecule has 2 unspecified atom stereocenters. The maximum Gasteiger partial charge on any atom is 0.246 e. The fraction of sp³-hybridized carbons (Fsp3) is 0.516. The van der Waals surface area contributed by atoms with E-state index in [9.17, 15) is 19.5 Å². The zero-order chi connectivity index (χ0) is 28.0. The van der Waals surface area contributed by atoms with Gasteiger partial charge in [-0.15, -0.1) is 0 Å². The molecule has 8 nitrogen and oxygen atoms in total. The van der Waals surface area contributed by atoms with Gasteiger partial charge in [0, 0.05) is 12.1 Å². The number of amides is 3. The van der Waals surface area contributed by atoms with Crippen LogP contribution in [0.1, 0.15) is 64.1 Å². The SMILES string of the molecule is CC[C@@]12CCC3(O1)C(C(=O)NC(C)(C)C)N([C@H](CO)c1ccccc1)C(=O)[C@@H]3[C@@H]2C(=O)NCc1ccccc1. The van der Waals surface area contributed by atoms with Crippen molar-refractivity contribution in [2.45, 2.75) is 82.3 Å². The van der Waals surface area contributed by atoms with Gasteiger partial charge in [-0.2, -0.15) is 0 Å². The normalized spacial score (nSPS) is 30.2. The fourth-order valence-electron chi connectivity index (χ4n) is 7.05. The van der Waals surface area contributed by atoms with Crippen molar-refractivity contribution < 1.29 is 24.2 Å². The van der Waals surface area contributed by atoms with Gasteiger partial charge in [0.1, 0.15) is 11.6 Å². The molecule has 2 aromatic carbocycles. The molecular formula is C31H39N3O5. The topological polar surface area (TPSA) is 108 Å². The Labute approximate surface area is 230 Å². The quantitative estimate of drug-likeness (QED) is 0.483. The molecule has 0 saturated carbocycles. The highest BCUT2D eigenvalue weighted by Crippen LogP contribution is 2.65. The van der Waals surface area contributed by atoms with Gasteiger partial charge < -0.3 is 25.4 Å². The Morgan fingerprint density at radius 1 is 1.05 bits per heavy atom. The van der Waals surface area contributed by atoms with Crippen LogP contribution in [0.3, 0.4) is 0 Å². The van der Waals surface area contributed by atoms with E-state index in [-0.39, 0.29) is 24.3 Å². The minimum absolute atomic E-state index is 0.238. The number of nitrogens with one attached hydrogen (secondary N) is 2. The summed E-state index contributed by atoms with van der Waals surface area (Å²) >= 11 is 0. The van der Waals surface area contributed by atoms with Crippen LogP contribution in [0.5, 0.6) is 0 Å². The predicted octanol–water partition coefficient (Wildman–Crippen LogP) is 3.11. The summed E-state index contributed by atoms with van der Waals surface area (Å²) in [4.78, 5) is 43.8. The zero-order valence-corrected chi connectivity index (χ0v) is 23.1. The number of carbonyl (C=O) groups excluding carboxylic acids is 3. The second kappa shape index (κ2) is 10.1. The van der Waals surface area contributed by atoms with Crippen molar-refractivity contribution in [1.82, 2.24) is 15.5 Å². The van der Waals surface area contributed by atoms with Crippen LogP contribution in [0.2, 0.25) is 0 Å². The van der Waals surface area contributed by atoms with Crippen molar-refractivity contribution >= 4 is 17.7 Å². The first kappa shape index (κ1) is 27.3. The minimum Gasteiger partial charge on any atom is -0.394 e. The lowest BCUT2D eigenvalue weighted by Gasteiger charge is -2.38. The van der Waals surface area contributed by atoms with E-state index < -0.39 is 40.7 Å². The summed E-state index contributed by atoms with van der Waals surface area (Å²) < 4.78 is 6.82. The molecule has 39 heavy (non-hydrogen) atoms.